The molecule has 0 atom stereocenters. The maximum absolute atomic E-state index is 13.4. The molecule has 0 saturated heterocycles. The number of phosphoric ester groups is 1. The minimum Gasteiger partial charge on any atom is -0.386 e. The van der Waals surface area contributed by atoms with Gasteiger partial charge in [0.2, 0.25) is 0 Å². The molecule has 0 fully saturated rings. The molecule has 0 amide bonds. The van der Waals surface area contributed by atoms with Gasteiger partial charge >= 0.3 is 7.82 Å². The van der Waals surface area contributed by atoms with E-state index in [-0.39, 0.29) is 0 Å². The molecule has 3 rings (SSSR count). The van der Waals surface area contributed by atoms with Crippen LogP contribution in [-0.2, 0) is 11.0 Å². The Morgan fingerprint density at radius 2 is 1.19 bits per heavy atom. The minimum absolute atomic E-state index is 0.416. The number of para-hydroxylation sites is 3. The van der Waals surface area contributed by atoms with E-state index in [0.717, 1.165) is 18.4 Å². The van der Waals surface area contributed by atoms with E-state index in [4.69, 9.17) is 13.6 Å². The van der Waals surface area contributed by atoms with E-state index in [1.807, 2.05) is 30.3 Å². The normalized spacial score (nSPS) is 11.0. The monoisotopic (exact) mass is 368 g/mol. The molecule has 0 radical (unpaired) electrons. The van der Waals surface area contributed by atoms with E-state index in [9.17, 15) is 4.57 Å². The Morgan fingerprint density at radius 1 is 0.692 bits per heavy atom. The lowest BCUT2D eigenvalue weighted by atomic mass is 10.1. The van der Waals surface area contributed by atoms with Gasteiger partial charge in [0, 0.05) is 0 Å². The van der Waals surface area contributed by atoms with Gasteiger partial charge in [0.15, 0.2) is 0 Å². The molecule has 0 aliphatic carbocycles. The van der Waals surface area contributed by atoms with Crippen molar-refractivity contribution < 1.29 is 18.1 Å². The summed E-state index contributed by atoms with van der Waals surface area (Å²) in [7, 11) is -3.94. The van der Waals surface area contributed by atoms with Crippen LogP contribution in [-0.4, -0.2) is 0 Å². The largest absolute Gasteiger partial charge is 0.647 e. The average molecular weight is 368 g/mol. The van der Waals surface area contributed by atoms with Gasteiger partial charge in [0.1, 0.15) is 17.2 Å². The maximum atomic E-state index is 13.4. The smallest absolute Gasteiger partial charge is 0.386 e. The summed E-state index contributed by atoms with van der Waals surface area (Å²) in [6, 6.07) is 25.2. The van der Waals surface area contributed by atoms with Gasteiger partial charge in [-0.05, 0) is 42.3 Å². The standard InChI is InChI=1S/C21H21O4P/c1-2-11-18-12-9-10-17-21(18)25-26(22,23-19-13-5-3-6-14-19)24-20-15-7-4-8-16-20/h3-10,12-17H,2,11H2,1H3. The molecule has 3 aromatic carbocycles. The maximum Gasteiger partial charge on any atom is 0.647 e. The Kier molecular flexibility index (Phi) is 5.98. The fourth-order valence-electron chi connectivity index (χ4n) is 2.47. The quantitative estimate of drug-likeness (QED) is 0.439. The van der Waals surface area contributed by atoms with Crippen molar-refractivity contribution in [2.45, 2.75) is 19.8 Å². The summed E-state index contributed by atoms with van der Waals surface area (Å²) in [5.41, 5.74) is 0.962. The van der Waals surface area contributed by atoms with Crippen LogP contribution >= 0.6 is 7.82 Å². The second-order valence-corrected chi connectivity index (χ2v) is 7.15. The third-order valence-corrected chi connectivity index (χ3v) is 4.91. The van der Waals surface area contributed by atoms with Crippen LogP contribution in [0.5, 0.6) is 17.2 Å². The molecule has 4 nitrogen and oxygen atoms in total. The Labute approximate surface area is 154 Å². The van der Waals surface area contributed by atoms with Crippen molar-refractivity contribution in [3.8, 4) is 17.2 Å². The molecule has 0 heterocycles. The van der Waals surface area contributed by atoms with Crippen molar-refractivity contribution in [1.29, 1.82) is 0 Å². The van der Waals surface area contributed by atoms with Gasteiger partial charge in [-0.1, -0.05) is 67.9 Å². The molecule has 26 heavy (non-hydrogen) atoms. The van der Waals surface area contributed by atoms with Gasteiger partial charge in [-0.15, -0.1) is 0 Å². The SMILES string of the molecule is CCCc1ccccc1OP(=O)(Oc1ccccc1)Oc1ccccc1. The predicted octanol–water partition coefficient (Wildman–Crippen LogP) is 6.28. The first-order valence-electron chi connectivity index (χ1n) is 8.55. The second kappa shape index (κ2) is 8.59. The summed E-state index contributed by atoms with van der Waals surface area (Å²) in [6.45, 7) is 2.08. The lowest BCUT2D eigenvalue weighted by Gasteiger charge is -2.20. The third kappa shape index (κ3) is 4.90. The molecular weight excluding hydrogens is 347 g/mol. The zero-order chi connectivity index (χ0) is 18.2. The number of benzene rings is 3. The summed E-state index contributed by atoms with van der Waals surface area (Å²) in [4.78, 5) is 0. The Hall–Kier alpha value is -2.71. The van der Waals surface area contributed by atoms with E-state index >= 15 is 0 Å². The molecule has 0 aliphatic rings. The highest BCUT2D eigenvalue weighted by molar-refractivity contribution is 7.49. The number of hydrogen-bond acceptors (Lipinski definition) is 4. The summed E-state index contributed by atoms with van der Waals surface area (Å²) < 4.78 is 30.5. The van der Waals surface area contributed by atoms with Crippen LogP contribution in [0.15, 0.2) is 84.9 Å². The van der Waals surface area contributed by atoms with Crippen LogP contribution in [0.2, 0.25) is 0 Å². The molecule has 5 heteroatoms. The van der Waals surface area contributed by atoms with Crippen molar-refractivity contribution >= 4 is 7.82 Å². The molecule has 0 aliphatic heterocycles. The van der Waals surface area contributed by atoms with Crippen LogP contribution in [0, 0.1) is 0 Å². The van der Waals surface area contributed by atoms with Gasteiger partial charge in [-0.2, -0.15) is 4.57 Å². The molecule has 134 valence electrons. The Morgan fingerprint density at radius 3 is 1.73 bits per heavy atom. The minimum atomic E-state index is -3.94. The van der Waals surface area contributed by atoms with E-state index in [1.165, 1.54) is 0 Å². The summed E-state index contributed by atoms with van der Waals surface area (Å²) in [6.07, 6.45) is 1.76. The number of hydrogen-bond donors (Lipinski definition) is 0. The van der Waals surface area contributed by atoms with Crippen molar-refractivity contribution in [2.75, 3.05) is 0 Å². The van der Waals surface area contributed by atoms with Crippen molar-refractivity contribution in [1.82, 2.24) is 0 Å². The van der Waals surface area contributed by atoms with E-state index in [2.05, 4.69) is 6.92 Å². The van der Waals surface area contributed by atoms with E-state index < -0.39 is 7.82 Å². The van der Waals surface area contributed by atoms with Gasteiger partial charge in [-0.25, -0.2) is 0 Å². The summed E-state index contributed by atoms with van der Waals surface area (Å²) in [5, 5.41) is 0. The summed E-state index contributed by atoms with van der Waals surface area (Å²) in [5.74, 6) is 1.34. The molecule has 0 unspecified atom stereocenters. The predicted molar refractivity (Wildman–Crippen MR) is 103 cm³/mol. The zero-order valence-electron chi connectivity index (χ0n) is 14.6. The molecule has 0 saturated carbocycles. The summed E-state index contributed by atoms with van der Waals surface area (Å²) >= 11 is 0. The Balaban J connectivity index is 1.91. The highest BCUT2D eigenvalue weighted by Crippen LogP contribution is 2.50. The first kappa shape index (κ1) is 18.1. The molecule has 3 aromatic rings. The van der Waals surface area contributed by atoms with Gasteiger partial charge < -0.3 is 13.6 Å². The van der Waals surface area contributed by atoms with Crippen LogP contribution < -0.4 is 13.6 Å². The van der Waals surface area contributed by atoms with E-state index in [0.29, 0.717) is 17.2 Å². The molecule has 0 N–H and O–H groups in total. The lowest BCUT2D eigenvalue weighted by molar-refractivity contribution is 0.297. The molecular formula is C21H21O4P. The number of rotatable bonds is 8. The topological polar surface area (TPSA) is 44.8 Å². The first-order valence-corrected chi connectivity index (χ1v) is 10.0. The van der Waals surface area contributed by atoms with Gasteiger partial charge in [-0.3, -0.25) is 0 Å². The van der Waals surface area contributed by atoms with Crippen LogP contribution in [0.1, 0.15) is 18.9 Å². The van der Waals surface area contributed by atoms with E-state index in [1.54, 1.807) is 54.6 Å². The van der Waals surface area contributed by atoms with Crippen molar-refractivity contribution in [2.24, 2.45) is 0 Å². The van der Waals surface area contributed by atoms with Crippen LogP contribution in [0.4, 0.5) is 0 Å². The number of aryl methyl sites for hydroxylation is 1. The molecule has 0 bridgehead atoms. The first-order chi connectivity index (χ1) is 12.7. The third-order valence-electron chi connectivity index (χ3n) is 3.62. The second-order valence-electron chi connectivity index (χ2n) is 5.70. The molecule has 0 aromatic heterocycles. The van der Waals surface area contributed by atoms with Crippen LogP contribution in [0.3, 0.4) is 0 Å². The lowest BCUT2D eigenvalue weighted by Crippen LogP contribution is -2.08. The highest BCUT2D eigenvalue weighted by atomic mass is 31.2. The van der Waals surface area contributed by atoms with Gasteiger partial charge in [0.25, 0.3) is 0 Å². The average Bonchev–Trinajstić information content (AvgIpc) is 2.65. The van der Waals surface area contributed by atoms with Crippen molar-refractivity contribution in [3.63, 3.8) is 0 Å². The fourth-order valence-corrected chi connectivity index (χ4v) is 3.76. The number of phosphoric acid groups is 1. The van der Waals surface area contributed by atoms with Crippen LogP contribution in [0.25, 0.3) is 0 Å². The highest BCUT2D eigenvalue weighted by Gasteiger charge is 2.33. The molecule has 0 spiro atoms. The zero-order valence-corrected chi connectivity index (χ0v) is 15.5. The Bertz CT molecular complexity index is 820. The fraction of sp³-hybridized carbons (Fsp3) is 0.143. The van der Waals surface area contributed by atoms with Gasteiger partial charge in [0.05, 0.1) is 0 Å². The van der Waals surface area contributed by atoms with Crippen molar-refractivity contribution in [3.05, 3.63) is 90.5 Å².